The number of amides is 4. The summed E-state index contributed by atoms with van der Waals surface area (Å²) in [6, 6.07) is -0.245. The number of rotatable bonds is 15. The molecule has 0 saturated carbocycles. The van der Waals surface area contributed by atoms with Crippen molar-refractivity contribution in [3.63, 3.8) is 0 Å². The first-order chi connectivity index (χ1) is 20.0. The van der Waals surface area contributed by atoms with Gasteiger partial charge in [-0.1, -0.05) is 31.5 Å². The van der Waals surface area contributed by atoms with Gasteiger partial charge in [-0.05, 0) is 24.0 Å². The Kier molecular flexibility index (Phi) is 11.0. The van der Waals surface area contributed by atoms with E-state index in [1.165, 1.54) is 6.20 Å². The van der Waals surface area contributed by atoms with E-state index in [-0.39, 0.29) is 37.4 Å². The van der Waals surface area contributed by atoms with Crippen LogP contribution in [0.1, 0.15) is 57.3 Å². The molecule has 226 valence electrons. The molecule has 3 heterocycles. The third kappa shape index (κ3) is 8.28. The van der Waals surface area contributed by atoms with Crippen molar-refractivity contribution in [1.82, 2.24) is 41.6 Å². The number of tetrazole rings is 1. The van der Waals surface area contributed by atoms with E-state index in [1.54, 1.807) is 26.0 Å². The summed E-state index contributed by atoms with van der Waals surface area (Å²) in [6.07, 6.45) is 0.433. The second-order valence-corrected chi connectivity index (χ2v) is 9.78. The zero-order valence-electron chi connectivity index (χ0n) is 23.1. The molecular weight excluding hydrogens is 554 g/mol. The summed E-state index contributed by atoms with van der Waals surface area (Å²) in [5.74, 6) is -5.13. The summed E-state index contributed by atoms with van der Waals surface area (Å²) in [5, 5.41) is 39.2. The van der Waals surface area contributed by atoms with Gasteiger partial charge < -0.3 is 26.2 Å². The molecule has 17 heteroatoms. The molecule has 17 nitrogen and oxygen atoms in total. The Balaban J connectivity index is 1.85. The largest absolute Gasteiger partial charge is 0.481 e. The maximum Gasteiger partial charge on any atom is 0.303 e. The Morgan fingerprint density at radius 1 is 1.10 bits per heavy atom. The molecule has 42 heavy (non-hydrogen) atoms. The predicted octanol–water partition coefficient (Wildman–Crippen LogP) is -1.09. The minimum absolute atomic E-state index is 0.0744. The molecule has 4 amide bonds. The van der Waals surface area contributed by atoms with E-state index in [4.69, 9.17) is 5.11 Å². The Labute approximate surface area is 239 Å². The Morgan fingerprint density at radius 2 is 1.83 bits per heavy atom. The van der Waals surface area contributed by atoms with Crippen molar-refractivity contribution in [2.24, 2.45) is 5.92 Å². The van der Waals surface area contributed by atoms with E-state index in [1.807, 2.05) is 0 Å². The number of aliphatic carboxylic acids is 2. The summed E-state index contributed by atoms with van der Waals surface area (Å²) in [4.78, 5) is 80.6. The normalized spacial score (nSPS) is 16.0. The molecule has 1 aliphatic rings. The number of carboxylic acids is 2. The van der Waals surface area contributed by atoms with Gasteiger partial charge in [0.05, 0.1) is 13.0 Å². The highest BCUT2D eigenvalue weighted by atomic mass is 16.4. The molecule has 0 radical (unpaired) electrons. The van der Waals surface area contributed by atoms with Gasteiger partial charge in [0.25, 0.3) is 5.91 Å². The van der Waals surface area contributed by atoms with Gasteiger partial charge in [0.1, 0.15) is 23.9 Å². The number of aromatic amines is 1. The smallest absolute Gasteiger partial charge is 0.303 e. The van der Waals surface area contributed by atoms with Crippen molar-refractivity contribution in [2.75, 3.05) is 4.90 Å². The number of H-pyrrole nitrogens is 1. The van der Waals surface area contributed by atoms with Crippen molar-refractivity contribution in [3.8, 4) is 0 Å². The van der Waals surface area contributed by atoms with Gasteiger partial charge in [-0.3, -0.25) is 33.7 Å². The van der Waals surface area contributed by atoms with E-state index in [2.05, 4.69) is 41.6 Å². The maximum absolute atomic E-state index is 14.0. The lowest BCUT2D eigenvalue weighted by molar-refractivity contribution is -0.140. The van der Waals surface area contributed by atoms with Gasteiger partial charge in [-0.25, -0.2) is 4.98 Å². The third-order valence-electron chi connectivity index (χ3n) is 6.81. The summed E-state index contributed by atoms with van der Waals surface area (Å²) >= 11 is 0. The first kappa shape index (κ1) is 31.6. The molecule has 0 bridgehead atoms. The average Bonchev–Trinajstić information content (AvgIpc) is 3.62. The highest BCUT2D eigenvalue weighted by molar-refractivity contribution is 6.06. The van der Waals surface area contributed by atoms with Crippen LogP contribution < -0.4 is 20.9 Å². The van der Waals surface area contributed by atoms with Crippen LogP contribution in [0.15, 0.2) is 18.3 Å². The van der Waals surface area contributed by atoms with Crippen LogP contribution in [0.3, 0.4) is 0 Å². The lowest BCUT2D eigenvalue weighted by Crippen LogP contribution is -2.58. The number of carbonyl (C=O) groups excluding carboxylic acids is 4. The monoisotopic (exact) mass is 587 g/mol. The van der Waals surface area contributed by atoms with Crippen LogP contribution in [-0.4, -0.2) is 89.5 Å². The van der Waals surface area contributed by atoms with Crippen LogP contribution in [-0.2, 0) is 41.7 Å². The van der Waals surface area contributed by atoms with Crippen LogP contribution in [0, 0.1) is 5.92 Å². The molecule has 6 N–H and O–H groups in total. The van der Waals surface area contributed by atoms with Gasteiger partial charge in [0.15, 0.2) is 5.82 Å². The van der Waals surface area contributed by atoms with Crippen molar-refractivity contribution < 1.29 is 39.0 Å². The number of aromatic nitrogens is 5. The molecule has 0 aliphatic carbocycles. The number of nitrogens with one attached hydrogen (secondary N) is 4. The van der Waals surface area contributed by atoms with Crippen LogP contribution in [0.25, 0.3) is 0 Å². The van der Waals surface area contributed by atoms with E-state index >= 15 is 0 Å². The predicted molar refractivity (Wildman–Crippen MR) is 142 cm³/mol. The molecule has 0 aromatic carbocycles. The summed E-state index contributed by atoms with van der Waals surface area (Å²) in [5.41, 5.74) is 0.594. The molecule has 1 aliphatic heterocycles. The third-order valence-corrected chi connectivity index (χ3v) is 6.81. The standard InChI is InChI=1S/C25H33N9O8/c1-3-13(2)21(29-18(35)7-9-20(38)39)24(41)28-15(6-8-19(36)37)25(42)34-16(11-14-5-4-10-26-22(14)34)23(40)27-12-17-30-32-33-31-17/h4-5,10,13,15-16,21H,3,6-9,11-12H2,1-2H3,(H,27,40)(H,28,41)(H,29,35)(H,36,37)(H,38,39)(H,30,31,32,33)/t13-,15+,16-,21-/m0/s1. The van der Waals surface area contributed by atoms with Crippen LogP contribution in [0.5, 0.6) is 0 Å². The fourth-order valence-corrected chi connectivity index (χ4v) is 4.39. The molecule has 4 atom stereocenters. The average molecular weight is 588 g/mol. The molecule has 0 fully saturated rings. The molecule has 0 saturated heterocycles. The second kappa shape index (κ2) is 14.6. The number of hydrogen-bond donors (Lipinski definition) is 6. The van der Waals surface area contributed by atoms with Crippen LogP contribution >= 0.6 is 0 Å². The molecule has 3 rings (SSSR count). The molecule has 0 spiro atoms. The number of pyridine rings is 1. The van der Waals surface area contributed by atoms with Crippen LogP contribution in [0.2, 0.25) is 0 Å². The lowest BCUT2D eigenvalue weighted by Gasteiger charge is -2.30. The minimum Gasteiger partial charge on any atom is -0.481 e. The van der Waals surface area contributed by atoms with Crippen molar-refractivity contribution in [3.05, 3.63) is 29.7 Å². The van der Waals surface area contributed by atoms with Crippen molar-refractivity contribution in [2.45, 2.75) is 77.0 Å². The van der Waals surface area contributed by atoms with Gasteiger partial charge in [-0.2, -0.15) is 5.21 Å². The lowest BCUT2D eigenvalue weighted by atomic mass is 9.97. The Bertz CT molecular complexity index is 1300. The minimum atomic E-state index is -1.39. The fourth-order valence-electron chi connectivity index (χ4n) is 4.39. The van der Waals surface area contributed by atoms with Gasteiger partial charge in [0, 0.05) is 25.5 Å². The van der Waals surface area contributed by atoms with Gasteiger partial charge in [0.2, 0.25) is 17.7 Å². The summed E-state index contributed by atoms with van der Waals surface area (Å²) in [6.45, 7) is 3.40. The second-order valence-electron chi connectivity index (χ2n) is 9.78. The first-order valence-electron chi connectivity index (χ1n) is 13.3. The number of fused-ring (bicyclic) bond motifs is 1. The number of nitrogens with zero attached hydrogens (tertiary/aromatic N) is 5. The topological polar surface area (TPSA) is 250 Å². The maximum atomic E-state index is 14.0. The van der Waals surface area contributed by atoms with Crippen LogP contribution in [0.4, 0.5) is 5.82 Å². The zero-order chi connectivity index (χ0) is 30.8. The SMILES string of the molecule is CC[C@H](C)[C@H](NC(=O)CCC(=O)O)C(=O)N[C@H](CCC(=O)O)C(=O)N1c2ncccc2C[C@H]1C(=O)NCc1nn[nH]n1. The quantitative estimate of drug-likeness (QED) is 0.145. The molecule has 0 unspecified atom stereocenters. The van der Waals surface area contributed by atoms with Crippen molar-refractivity contribution in [1.29, 1.82) is 0 Å². The Hall–Kier alpha value is -4.96. The fraction of sp³-hybridized carbons (Fsp3) is 0.520. The molecular formula is C25H33N9O8. The van der Waals surface area contributed by atoms with E-state index < -0.39 is 72.5 Å². The first-order valence-corrected chi connectivity index (χ1v) is 13.3. The summed E-state index contributed by atoms with van der Waals surface area (Å²) < 4.78 is 0. The van der Waals surface area contributed by atoms with E-state index in [9.17, 15) is 33.9 Å². The number of anilines is 1. The summed E-state index contributed by atoms with van der Waals surface area (Å²) in [7, 11) is 0. The Morgan fingerprint density at radius 3 is 2.48 bits per heavy atom. The molecule has 2 aromatic heterocycles. The molecule has 2 aromatic rings. The number of carbonyl (C=O) groups is 6. The zero-order valence-corrected chi connectivity index (χ0v) is 23.1. The van der Waals surface area contributed by atoms with Gasteiger partial charge >= 0.3 is 11.9 Å². The van der Waals surface area contributed by atoms with E-state index in [0.29, 0.717) is 12.0 Å². The highest BCUT2D eigenvalue weighted by Crippen LogP contribution is 2.31. The van der Waals surface area contributed by atoms with Crippen molar-refractivity contribution >= 4 is 41.4 Å². The highest BCUT2D eigenvalue weighted by Gasteiger charge is 2.42. The van der Waals surface area contributed by atoms with Gasteiger partial charge in [-0.15, -0.1) is 10.2 Å². The number of carboxylic acid groups (broad SMARTS) is 2. The number of hydrogen-bond acceptors (Lipinski definition) is 10. The van der Waals surface area contributed by atoms with E-state index in [0.717, 1.165) is 4.90 Å².